The van der Waals surface area contributed by atoms with Gasteiger partial charge in [-0.1, -0.05) is 18.2 Å². The van der Waals surface area contributed by atoms with Gasteiger partial charge >= 0.3 is 0 Å². The molecule has 0 unspecified atom stereocenters. The van der Waals surface area contributed by atoms with Gasteiger partial charge < -0.3 is 15.1 Å². The molecule has 1 fully saturated rings. The van der Waals surface area contributed by atoms with Crippen molar-refractivity contribution in [3.05, 3.63) is 59.9 Å². The Morgan fingerprint density at radius 1 is 0.962 bits per heavy atom. The summed E-state index contributed by atoms with van der Waals surface area (Å²) in [6, 6.07) is 12.2. The maximum Gasteiger partial charge on any atom is 0.274 e. The monoisotopic (exact) mass is 352 g/mol. The highest BCUT2D eigenvalue weighted by atomic mass is 16.2. The molecule has 0 bridgehead atoms. The highest BCUT2D eigenvalue weighted by Gasteiger charge is 2.24. The topological polar surface area (TPSA) is 82.6 Å². The number of amides is 3. The fraction of sp³-hybridized carbons (Fsp3) is 0.263. The molecule has 0 saturated carbocycles. The van der Waals surface area contributed by atoms with E-state index in [4.69, 9.17) is 0 Å². The van der Waals surface area contributed by atoms with Gasteiger partial charge in [-0.25, -0.2) is 0 Å². The molecule has 1 N–H and O–H groups in total. The molecule has 3 amide bonds. The molecule has 1 aromatic heterocycles. The lowest BCUT2D eigenvalue weighted by Gasteiger charge is -2.34. The molecule has 26 heavy (non-hydrogen) atoms. The number of carbonyl (C=O) groups is 3. The van der Waals surface area contributed by atoms with Crippen molar-refractivity contribution in [2.45, 2.75) is 6.92 Å². The third-order valence-electron chi connectivity index (χ3n) is 4.28. The molecule has 0 radical (unpaired) electrons. The van der Waals surface area contributed by atoms with Crippen LogP contribution in [-0.2, 0) is 4.79 Å². The van der Waals surface area contributed by atoms with Crippen LogP contribution in [0.25, 0.3) is 0 Å². The Labute approximate surface area is 151 Å². The van der Waals surface area contributed by atoms with Crippen molar-refractivity contribution in [3.63, 3.8) is 0 Å². The first-order valence-corrected chi connectivity index (χ1v) is 8.42. The second-order valence-corrected chi connectivity index (χ2v) is 6.05. The van der Waals surface area contributed by atoms with Crippen LogP contribution in [0, 0.1) is 0 Å². The van der Waals surface area contributed by atoms with Crippen molar-refractivity contribution in [1.29, 1.82) is 0 Å². The average Bonchev–Trinajstić information content (AvgIpc) is 2.68. The lowest BCUT2D eigenvalue weighted by molar-refractivity contribution is -0.130. The Kier molecular flexibility index (Phi) is 5.26. The van der Waals surface area contributed by atoms with E-state index in [1.165, 1.54) is 19.2 Å². The molecular formula is C19H20N4O3. The van der Waals surface area contributed by atoms with E-state index >= 15 is 0 Å². The van der Waals surface area contributed by atoms with E-state index in [1.54, 1.807) is 28.0 Å². The molecule has 1 aromatic carbocycles. The van der Waals surface area contributed by atoms with Gasteiger partial charge in [0.05, 0.1) is 0 Å². The zero-order chi connectivity index (χ0) is 18.5. The van der Waals surface area contributed by atoms with E-state index in [2.05, 4.69) is 10.3 Å². The smallest absolute Gasteiger partial charge is 0.274 e. The van der Waals surface area contributed by atoms with Crippen LogP contribution in [0.5, 0.6) is 0 Å². The molecule has 1 aliphatic rings. The molecule has 7 heteroatoms. The van der Waals surface area contributed by atoms with Crippen LogP contribution in [0.15, 0.2) is 48.7 Å². The van der Waals surface area contributed by atoms with Crippen molar-refractivity contribution in [3.8, 4) is 0 Å². The summed E-state index contributed by atoms with van der Waals surface area (Å²) in [5, 5.41) is 2.75. The standard InChI is InChI=1S/C19H20N4O3/c1-14(24)22-9-11-23(12-10-22)19(26)15-7-8-20-17(13-15)18(25)21-16-5-3-2-4-6-16/h2-8,13H,9-12H2,1H3,(H,21,25). The summed E-state index contributed by atoms with van der Waals surface area (Å²) in [4.78, 5) is 43.9. The summed E-state index contributed by atoms with van der Waals surface area (Å²) in [6.07, 6.45) is 1.46. The summed E-state index contributed by atoms with van der Waals surface area (Å²) in [5.74, 6) is -0.516. The minimum atomic E-state index is -0.368. The first-order valence-electron chi connectivity index (χ1n) is 8.42. The number of anilines is 1. The van der Waals surface area contributed by atoms with E-state index in [1.807, 2.05) is 18.2 Å². The van der Waals surface area contributed by atoms with Crippen LogP contribution >= 0.6 is 0 Å². The van der Waals surface area contributed by atoms with Crippen LogP contribution in [0.3, 0.4) is 0 Å². The molecular weight excluding hydrogens is 332 g/mol. The quantitative estimate of drug-likeness (QED) is 0.910. The van der Waals surface area contributed by atoms with E-state index in [0.29, 0.717) is 37.4 Å². The summed E-state index contributed by atoms with van der Waals surface area (Å²) >= 11 is 0. The third-order valence-corrected chi connectivity index (χ3v) is 4.28. The molecule has 1 aliphatic heterocycles. The van der Waals surface area contributed by atoms with Crippen molar-refractivity contribution < 1.29 is 14.4 Å². The van der Waals surface area contributed by atoms with Gasteiger partial charge in [0, 0.05) is 50.6 Å². The fourth-order valence-electron chi connectivity index (χ4n) is 2.81. The maximum atomic E-state index is 12.7. The number of nitrogens with zero attached hydrogens (tertiary/aromatic N) is 3. The first-order chi connectivity index (χ1) is 12.5. The number of aromatic nitrogens is 1. The number of para-hydroxylation sites is 1. The lowest BCUT2D eigenvalue weighted by Crippen LogP contribution is -2.50. The average molecular weight is 352 g/mol. The molecule has 134 valence electrons. The highest BCUT2D eigenvalue weighted by molar-refractivity contribution is 6.04. The minimum absolute atomic E-state index is 0.0147. The van der Waals surface area contributed by atoms with E-state index in [9.17, 15) is 14.4 Å². The molecule has 0 atom stereocenters. The van der Waals surface area contributed by atoms with Crippen LogP contribution in [-0.4, -0.2) is 58.7 Å². The fourth-order valence-corrected chi connectivity index (χ4v) is 2.81. The molecule has 2 heterocycles. The van der Waals surface area contributed by atoms with Gasteiger partial charge in [0.15, 0.2) is 0 Å². The maximum absolute atomic E-state index is 12.7. The van der Waals surface area contributed by atoms with Crippen molar-refractivity contribution in [2.75, 3.05) is 31.5 Å². The summed E-state index contributed by atoms with van der Waals surface area (Å²) in [7, 11) is 0. The van der Waals surface area contributed by atoms with Crippen molar-refractivity contribution in [1.82, 2.24) is 14.8 Å². The Morgan fingerprint density at radius 3 is 2.27 bits per heavy atom. The predicted octanol–water partition coefficient (Wildman–Crippen LogP) is 1.64. The van der Waals surface area contributed by atoms with Crippen LogP contribution in [0.1, 0.15) is 27.8 Å². The van der Waals surface area contributed by atoms with Crippen molar-refractivity contribution >= 4 is 23.4 Å². The lowest BCUT2D eigenvalue weighted by atomic mass is 10.1. The largest absolute Gasteiger partial charge is 0.339 e. The predicted molar refractivity (Wildman–Crippen MR) is 96.8 cm³/mol. The van der Waals surface area contributed by atoms with E-state index in [0.717, 1.165) is 0 Å². The molecule has 0 aliphatic carbocycles. The van der Waals surface area contributed by atoms with E-state index in [-0.39, 0.29) is 23.4 Å². The number of nitrogens with one attached hydrogen (secondary N) is 1. The molecule has 3 rings (SSSR count). The second-order valence-electron chi connectivity index (χ2n) is 6.05. The van der Waals surface area contributed by atoms with Gasteiger partial charge in [0.25, 0.3) is 11.8 Å². The zero-order valence-corrected chi connectivity index (χ0v) is 14.5. The van der Waals surface area contributed by atoms with Crippen molar-refractivity contribution in [2.24, 2.45) is 0 Å². The Hall–Kier alpha value is -3.22. The molecule has 7 nitrogen and oxygen atoms in total. The van der Waals surface area contributed by atoms with Gasteiger partial charge in [-0.15, -0.1) is 0 Å². The van der Waals surface area contributed by atoms with Gasteiger partial charge in [-0.3, -0.25) is 19.4 Å². The first kappa shape index (κ1) is 17.6. The number of rotatable bonds is 3. The zero-order valence-electron chi connectivity index (χ0n) is 14.5. The van der Waals surface area contributed by atoms with Crippen LogP contribution in [0.4, 0.5) is 5.69 Å². The minimum Gasteiger partial charge on any atom is -0.339 e. The Balaban J connectivity index is 1.68. The Bertz CT molecular complexity index is 815. The molecule has 1 saturated heterocycles. The second kappa shape index (κ2) is 7.77. The third kappa shape index (κ3) is 4.05. The van der Waals surface area contributed by atoms with Gasteiger partial charge in [0.2, 0.25) is 5.91 Å². The summed E-state index contributed by atoms with van der Waals surface area (Å²) in [6.45, 7) is 3.53. The SMILES string of the molecule is CC(=O)N1CCN(C(=O)c2ccnc(C(=O)Nc3ccccc3)c2)CC1. The highest BCUT2D eigenvalue weighted by Crippen LogP contribution is 2.12. The van der Waals surface area contributed by atoms with Crippen LogP contribution in [0.2, 0.25) is 0 Å². The summed E-state index contributed by atoms with van der Waals surface area (Å²) < 4.78 is 0. The van der Waals surface area contributed by atoms with Gasteiger partial charge in [-0.2, -0.15) is 0 Å². The van der Waals surface area contributed by atoms with E-state index < -0.39 is 0 Å². The van der Waals surface area contributed by atoms with Gasteiger partial charge in [-0.05, 0) is 24.3 Å². The van der Waals surface area contributed by atoms with Gasteiger partial charge in [0.1, 0.15) is 5.69 Å². The number of piperazine rings is 1. The number of pyridine rings is 1. The normalized spacial score (nSPS) is 14.0. The number of hydrogen-bond donors (Lipinski definition) is 1. The molecule has 2 aromatic rings. The number of benzene rings is 1. The molecule has 0 spiro atoms. The number of hydrogen-bond acceptors (Lipinski definition) is 4. The summed E-state index contributed by atoms with van der Waals surface area (Å²) in [5.41, 5.74) is 1.26. The van der Waals surface area contributed by atoms with Crippen LogP contribution < -0.4 is 5.32 Å². The number of carbonyl (C=O) groups excluding carboxylic acids is 3. The Morgan fingerprint density at radius 2 is 1.62 bits per heavy atom.